The van der Waals surface area contributed by atoms with E-state index < -0.39 is 0 Å². The van der Waals surface area contributed by atoms with Crippen molar-refractivity contribution in [3.05, 3.63) is 22.7 Å². The molecular weight excluding hydrogens is 304 g/mol. The first-order chi connectivity index (χ1) is 10.3. The number of carbonyl (C=O) groups excluding carboxylic acids is 1. The third-order valence-corrected chi connectivity index (χ3v) is 3.22. The molecule has 22 heavy (non-hydrogen) atoms. The molecule has 0 aliphatic heterocycles. The van der Waals surface area contributed by atoms with Crippen LogP contribution in [0.5, 0.6) is 11.5 Å². The lowest BCUT2D eigenvalue weighted by Gasteiger charge is -2.15. The second-order valence-corrected chi connectivity index (χ2v) is 6.12. The zero-order chi connectivity index (χ0) is 16.7. The van der Waals surface area contributed by atoms with E-state index in [1.165, 1.54) is 7.11 Å². The van der Waals surface area contributed by atoms with Crippen molar-refractivity contribution < 1.29 is 14.3 Å². The van der Waals surface area contributed by atoms with Gasteiger partial charge in [0.2, 0.25) is 0 Å². The lowest BCUT2D eigenvalue weighted by Crippen LogP contribution is -2.29. The number of methoxy groups -OCH3 is 1. The topological polar surface area (TPSA) is 73.6 Å². The van der Waals surface area contributed by atoms with E-state index in [9.17, 15) is 4.79 Å². The second kappa shape index (κ2) is 8.86. The average molecular weight is 329 g/mol. The van der Waals surface area contributed by atoms with E-state index in [2.05, 4.69) is 5.32 Å². The third-order valence-electron chi connectivity index (χ3n) is 2.94. The molecule has 1 rings (SSSR count). The lowest BCUT2D eigenvalue weighted by molar-refractivity contribution is 0.0952. The number of hydrogen-bond donors (Lipinski definition) is 2. The summed E-state index contributed by atoms with van der Waals surface area (Å²) in [7, 11) is 1.52. The maximum Gasteiger partial charge on any atom is 0.251 e. The molecule has 5 nitrogen and oxygen atoms in total. The Bertz CT molecular complexity index is 504. The van der Waals surface area contributed by atoms with Gasteiger partial charge in [0.05, 0.1) is 18.7 Å². The van der Waals surface area contributed by atoms with Gasteiger partial charge in [-0.05, 0) is 31.4 Å². The summed E-state index contributed by atoms with van der Waals surface area (Å²) in [5.41, 5.74) is 6.09. The van der Waals surface area contributed by atoms with Crippen molar-refractivity contribution in [3.8, 4) is 11.5 Å². The first-order valence-corrected chi connectivity index (χ1v) is 7.77. The van der Waals surface area contributed by atoms with Gasteiger partial charge in [0.15, 0.2) is 11.5 Å². The fourth-order valence-electron chi connectivity index (χ4n) is 1.76. The van der Waals surface area contributed by atoms with Gasteiger partial charge in [-0.25, -0.2) is 0 Å². The Hall–Kier alpha value is -1.46. The molecule has 0 heterocycles. The standard InChI is InChI=1S/C16H25ClN2O3/c1-10(2)9-22-15-13(17)7-12(8-14(15)21-4)16(20)19-6-5-11(3)18/h7-8,10-11H,5-6,9,18H2,1-4H3,(H,19,20). The Morgan fingerprint density at radius 1 is 1.36 bits per heavy atom. The largest absolute Gasteiger partial charge is 0.493 e. The highest BCUT2D eigenvalue weighted by Crippen LogP contribution is 2.36. The number of nitrogens with two attached hydrogens (primary N) is 1. The highest BCUT2D eigenvalue weighted by atomic mass is 35.5. The molecule has 6 heteroatoms. The normalized spacial score (nSPS) is 12.1. The molecule has 1 amide bonds. The van der Waals surface area contributed by atoms with E-state index in [0.29, 0.717) is 47.6 Å². The Kier molecular flexibility index (Phi) is 7.48. The summed E-state index contributed by atoms with van der Waals surface area (Å²) in [6.07, 6.45) is 0.714. The molecule has 3 N–H and O–H groups in total. The van der Waals surface area contributed by atoms with E-state index in [1.807, 2.05) is 20.8 Å². The van der Waals surface area contributed by atoms with Crippen LogP contribution in [-0.4, -0.2) is 32.2 Å². The molecule has 0 saturated heterocycles. The quantitative estimate of drug-likeness (QED) is 0.769. The van der Waals surface area contributed by atoms with E-state index in [4.69, 9.17) is 26.8 Å². The van der Waals surface area contributed by atoms with Crippen molar-refractivity contribution in [2.45, 2.75) is 33.2 Å². The molecule has 0 aliphatic rings. The van der Waals surface area contributed by atoms with Crippen molar-refractivity contribution >= 4 is 17.5 Å². The van der Waals surface area contributed by atoms with E-state index in [-0.39, 0.29) is 11.9 Å². The van der Waals surface area contributed by atoms with E-state index in [1.54, 1.807) is 12.1 Å². The van der Waals surface area contributed by atoms with Gasteiger partial charge in [0.25, 0.3) is 5.91 Å². The summed E-state index contributed by atoms with van der Waals surface area (Å²) < 4.78 is 10.9. The summed E-state index contributed by atoms with van der Waals surface area (Å²) in [4.78, 5) is 12.1. The minimum Gasteiger partial charge on any atom is -0.493 e. The van der Waals surface area contributed by atoms with Crippen molar-refractivity contribution in [3.63, 3.8) is 0 Å². The molecule has 1 unspecified atom stereocenters. The molecule has 0 fully saturated rings. The fraction of sp³-hybridized carbons (Fsp3) is 0.562. The maximum absolute atomic E-state index is 12.1. The van der Waals surface area contributed by atoms with Crippen LogP contribution in [0.4, 0.5) is 0 Å². The highest BCUT2D eigenvalue weighted by Gasteiger charge is 2.16. The van der Waals surface area contributed by atoms with Crippen LogP contribution in [0.3, 0.4) is 0 Å². The summed E-state index contributed by atoms with van der Waals surface area (Å²) in [6.45, 7) is 7.02. The lowest BCUT2D eigenvalue weighted by atomic mass is 10.1. The predicted molar refractivity (Wildman–Crippen MR) is 88.9 cm³/mol. The van der Waals surface area contributed by atoms with Gasteiger partial charge in [0.1, 0.15) is 0 Å². The molecule has 0 saturated carbocycles. The highest BCUT2D eigenvalue weighted by molar-refractivity contribution is 6.32. The summed E-state index contributed by atoms with van der Waals surface area (Å²) in [5, 5.41) is 3.16. The Labute approximate surface area is 137 Å². The molecule has 0 spiro atoms. The average Bonchev–Trinajstić information content (AvgIpc) is 2.44. The minimum atomic E-state index is -0.212. The number of rotatable bonds is 8. The second-order valence-electron chi connectivity index (χ2n) is 5.72. The van der Waals surface area contributed by atoms with Crippen LogP contribution in [0.25, 0.3) is 0 Å². The fourth-order valence-corrected chi connectivity index (χ4v) is 2.02. The van der Waals surface area contributed by atoms with Gasteiger partial charge in [-0.3, -0.25) is 4.79 Å². The smallest absolute Gasteiger partial charge is 0.251 e. The van der Waals surface area contributed by atoms with Gasteiger partial charge in [0, 0.05) is 18.2 Å². The number of carbonyl (C=O) groups is 1. The van der Waals surface area contributed by atoms with Gasteiger partial charge in [-0.2, -0.15) is 0 Å². The van der Waals surface area contributed by atoms with E-state index in [0.717, 1.165) is 0 Å². The van der Waals surface area contributed by atoms with Gasteiger partial charge < -0.3 is 20.5 Å². The van der Waals surface area contributed by atoms with Gasteiger partial charge >= 0.3 is 0 Å². The number of ether oxygens (including phenoxy) is 2. The van der Waals surface area contributed by atoms with Crippen LogP contribution >= 0.6 is 11.6 Å². The number of amides is 1. The first-order valence-electron chi connectivity index (χ1n) is 7.39. The molecular formula is C16H25ClN2O3. The van der Waals surface area contributed by atoms with Gasteiger partial charge in [-0.15, -0.1) is 0 Å². The monoisotopic (exact) mass is 328 g/mol. The summed E-state index contributed by atoms with van der Waals surface area (Å²) >= 11 is 6.22. The molecule has 124 valence electrons. The molecule has 1 aromatic rings. The first kappa shape index (κ1) is 18.6. The molecule has 0 bridgehead atoms. The van der Waals surface area contributed by atoms with Crippen molar-refractivity contribution in [2.75, 3.05) is 20.3 Å². The third kappa shape index (κ3) is 5.73. The zero-order valence-corrected chi connectivity index (χ0v) is 14.4. The van der Waals surface area contributed by atoms with Crippen molar-refractivity contribution in [1.29, 1.82) is 0 Å². The van der Waals surface area contributed by atoms with Crippen LogP contribution in [0.1, 0.15) is 37.6 Å². The summed E-state index contributed by atoms with van der Waals surface area (Å²) in [6, 6.07) is 3.26. The Morgan fingerprint density at radius 2 is 2.05 bits per heavy atom. The SMILES string of the molecule is COc1cc(C(=O)NCCC(C)N)cc(Cl)c1OCC(C)C. The van der Waals surface area contributed by atoms with Crippen LogP contribution in [-0.2, 0) is 0 Å². The van der Waals surface area contributed by atoms with Crippen LogP contribution in [0, 0.1) is 5.92 Å². The van der Waals surface area contributed by atoms with Gasteiger partial charge in [-0.1, -0.05) is 25.4 Å². The van der Waals surface area contributed by atoms with Crippen LogP contribution < -0.4 is 20.5 Å². The molecule has 1 atom stereocenters. The molecule has 0 radical (unpaired) electrons. The van der Waals surface area contributed by atoms with Crippen LogP contribution in [0.2, 0.25) is 5.02 Å². The van der Waals surface area contributed by atoms with E-state index >= 15 is 0 Å². The Balaban J connectivity index is 2.85. The van der Waals surface area contributed by atoms with Crippen molar-refractivity contribution in [1.82, 2.24) is 5.32 Å². The number of hydrogen-bond acceptors (Lipinski definition) is 4. The number of nitrogens with one attached hydrogen (secondary N) is 1. The maximum atomic E-state index is 12.1. The molecule has 0 aliphatic carbocycles. The molecule has 1 aromatic carbocycles. The van der Waals surface area contributed by atoms with Crippen LogP contribution in [0.15, 0.2) is 12.1 Å². The Morgan fingerprint density at radius 3 is 2.59 bits per heavy atom. The van der Waals surface area contributed by atoms with Crippen molar-refractivity contribution in [2.24, 2.45) is 11.7 Å². The number of benzene rings is 1. The zero-order valence-electron chi connectivity index (χ0n) is 13.6. The summed E-state index contributed by atoms with van der Waals surface area (Å²) in [5.74, 6) is 1.06. The predicted octanol–water partition coefficient (Wildman–Crippen LogP) is 2.85. The minimum absolute atomic E-state index is 0.0465. The molecule has 0 aromatic heterocycles. The number of halogens is 1.